The van der Waals surface area contributed by atoms with Gasteiger partial charge in [0, 0.05) is 39.5 Å². The molecule has 0 N–H and O–H groups in total. The van der Waals surface area contributed by atoms with Crippen LogP contribution in [0, 0.1) is 39.3 Å². The predicted molar refractivity (Wildman–Crippen MR) is 165 cm³/mol. The van der Waals surface area contributed by atoms with Crippen molar-refractivity contribution in [2.75, 3.05) is 0 Å². The van der Waals surface area contributed by atoms with Crippen molar-refractivity contribution in [1.82, 2.24) is 9.55 Å². The summed E-state index contributed by atoms with van der Waals surface area (Å²) >= 11 is 6.27. The lowest BCUT2D eigenvalue weighted by Gasteiger charge is -2.29. The second kappa shape index (κ2) is 12.3. The van der Waals surface area contributed by atoms with E-state index < -0.39 is 35.1 Å². The SMILES string of the molecule is Cc1nc2c(c(C)c(C)n2Cc2ccc(F)c(F)c2)c(-c2ccc(Cl)cc2)c1[C@H](OC(C)(C)C)C(=O)OCc1oc(=O)oc1C. The number of ether oxygens (including phenoxy) is 2. The molecule has 0 spiro atoms. The minimum atomic E-state index is -1.24. The highest BCUT2D eigenvalue weighted by Crippen LogP contribution is 2.43. The van der Waals surface area contributed by atoms with Crippen molar-refractivity contribution < 1.29 is 31.9 Å². The van der Waals surface area contributed by atoms with Gasteiger partial charge in [0.15, 0.2) is 35.9 Å². The van der Waals surface area contributed by atoms with Gasteiger partial charge in [0.25, 0.3) is 0 Å². The summed E-state index contributed by atoms with van der Waals surface area (Å²) in [5.41, 5.74) is 4.53. The molecular weight excluding hydrogens is 606 g/mol. The van der Waals surface area contributed by atoms with E-state index in [1.54, 1.807) is 19.1 Å². The molecule has 2 aromatic carbocycles. The van der Waals surface area contributed by atoms with Crippen LogP contribution < -0.4 is 5.82 Å². The van der Waals surface area contributed by atoms with Crippen molar-refractivity contribution in [3.05, 3.63) is 109 Å². The van der Waals surface area contributed by atoms with E-state index in [0.717, 1.165) is 28.3 Å². The summed E-state index contributed by atoms with van der Waals surface area (Å²) in [6.45, 7) is 12.5. The number of hydrogen-bond acceptors (Lipinski definition) is 7. The number of fused-ring (bicyclic) bond motifs is 1. The van der Waals surface area contributed by atoms with Gasteiger partial charge in [-0.05, 0) is 89.4 Å². The van der Waals surface area contributed by atoms with Crippen LogP contribution in [0.15, 0.2) is 56.1 Å². The lowest BCUT2D eigenvalue weighted by atomic mass is 9.91. The van der Waals surface area contributed by atoms with Gasteiger partial charge in [0.2, 0.25) is 0 Å². The van der Waals surface area contributed by atoms with Crippen molar-refractivity contribution in [2.45, 2.75) is 73.3 Å². The van der Waals surface area contributed by atoms with Crippen LogP contribution in [0.5, 0.6) is 0 Å². The topological polar surface area (TPSA) is 96.7 Å². The number of carbonyl (C=O) groups is 1. The highest BCUT2D eigenvalue weighted by atomic mass is 35.5. The number of carbonyl (C=O) groups excluding carboxylic acids is 1. The maximum Gasteiger partial charge on any atom is 0.519 e. The fourth-order valence-corrected chi connectivity index (χ4v) is 5.47. The molecule has 5 aromatic rings. The fraction of sp³-hybridized carbons (Fsp3) is 0.324. The average molecular weight is 639 g/mol. The lowest BCUT2D eigenvalue weighted by Crippen LogP contribution is -2.30. The highest BCUT2D eigenvalue weighted by Gasteiger charge is 2.35. The summed E-state index contributed by atoms with van der Waals surface area (Å²) in [4.78, 5) is 30.4. The molecule has 0 bridgehead atoms. The Hall–Kier alpha value is -4.28. The Morgan fingerprint density at radius 2 is 1.71 bits per heavy atom. The smallest absolute Gasteiger partial charge is 0.455 e. The van der Waals surface area contributed by atoms with Gasteiger partial charge < -0.3 is 22.9 Å². The number of rotatable bonds is 8. The molecule has 1 atom stereocenters. The molecule has 0 unspecified atom stereocenters. The quantitative estimate of drug-likeness (QED) is 0.159. The van der Waals surface area contributed by atoms with Gasteiger partial charge in [-0.2, -0.15) is 0 Å². The summed E-state index contributed by atoms with van der Waals surface area (Å²) < 4.78 is 51.7. The molecule has 0 amide bonds. The van der Waals surface area contributed by atoms with E-state index in [2.05, 4.69) is 0 Å². The molecule has 0 aliphatic carbocycles. The highest BCUT2D eigenvalue weighted by molar-refractivity contribution is 6.30. The van der Waals surface area contributed by atoms with Crippen molar-refractivity contribution in [3.8, 4) is 11.1 Å². The standard InChI is InChI=1S/C34H33ClF2N2O6/c1-17-19(3)39(15-21-8-13-24(36)25(37)14-21)31-27(17)29(22-9-11-23(35)12-10-22)28(18(2)38-31)30(45-34(5,6)7)32(40)42-16-26-20(4)43-33(41)44-26/h8-14,30H,15-16H2,1-7H3/t30-/m0/s1. The zero-order valence-corrected chi connectivity index (χ0v) is 26.8. The Morgan fingerprint density at radius 3 is 2.31 bits per heavy atom. The van der Waals surface area contributed by atoms with Gasteiger partial charge >= 0.3 is 11.8 Å². The molecule has 3 heterocycles. The van der Waals surface area contributed by atoms with Crippen LogP contribution in [0.1, 0.15) is 66.5 Å². The third kappa shape index (κ3) is 6.57. The molecule has 11 heteroatoms. The fourth-order valence-electron chi connectivity index (χ4n) is 5.34. The first-order valence-electron chi connectivity index (χ1n) is 14.3. The van der Waals surface area contributed by atoms with E-state index in [1.165, 1.54) is 19.1 Å². The van der Waals surface area contributed by atoms with Crippen molar-refractivity contribution in [1.29, 1.82) is 0 Å². The van der Waals surface area contributed by atoms with E-state index in [-0.39, 0.29) is 24.7 Å². The Kier molecular flexibility index (Phi) is 8.75. The van der Waals surface area contributed by atoms with Crippen LogP contribution in [0.3, 0.4) is 0 Å². The molecule has 0 aliphatic heterocycles. The molecule has 8 nitrogen and oxygen atoms in total. The summed E-state index contributed by atoms with van der Waals surface area (Å²) in [6, 6.07) is 11.0. The molecule has 0 fully saturated rings. The first-order valence-corrected chi connectivity index (χ1v) is 14.7. The molecule has 0 saturated heterocycles. The Bertz CT molecular complexity index is 1970. The molecule has 0 aliphatic rings. The Labute approximate surface area is 263 Å². The number of hydrogen-bond donors (Lipinski definition) is 0. The first kappa shape index (κ1) is 32.1. The lowest BCUT2D eigenvalue weighted by molar-refractivity contribution is -0.169. The van der Waals surface area contributed by atoms with Crippen LogP contribution in [0.4, 0.5) is 8.78 Å². The molecule has 3 aromatic heterocycles. The molecule has 45 heavy (non-hydrogen) atoms. The predicted octanol–water partition coefficient (Wildman–Crippen LogP) is 8.06. The van der Waals surface area contributed by atoms with Gasteiger partial charge in [0.1, 0.15) is 5.65 Å². The summed E-state index contributed by atoms with van der Waals surface area (Å²) in [6.07, 6.45) is -1.24. The van der Waals surface area contributed by atoms with E-state index in [4.69, 9.17) is 34.9 Å². The minimum Gasteiger partial charge on any atom is -0.455 e. The average Bonchev–Trinajstić information content (AvgIpc) is 3.41. The molecule has 5 rings (SSSR count). The van der Waals surface area contributed by atoms with Gasteiger partial charge in [-0.25, -0.2) is 23.4 Å². The van der Waals surface area contributed by atoms with E-state index in [9.17, 15) is 18.4 Å². The third-order valence-corrected chi connectivity index (χ3v) is 7.82. The number of pyridine rings is 1. The first-order chi connectivity index (χ1) is 21.1. The van der Waals surface area contributed by atoms with E-state index in [1.807, 2.05) is 51.3 Å². The largest absolute Gasteiger partial charge is 0.519 e. The normalized spacial score (nSPS) is 12.6. The number of aryl methyl sites for hydroxylation is 3. The summed E-state index contributed by atoms with van der Waals surface area (Å²) in [7, 11) is 0. The third-order valence-electron chi connectivity index (χ3n) is 7.57. The number of halogens is 3. The monoisotopic (exact) mass is 638 g/mol. The van der Waals surface area contributed by atoms with Crippen molar-refractivity contribution >= 4 is 28.6 Å². The molecule has 0 radical (unpaired) electrons. The second-order valence-corrected chi connectivity index (χ2v) is 12.3. The minimum absolute atomic E-state index is 0.0897. The number of esters is 1. The van der Waals surface area contributed by atoms with Gasteiger partial charge in [-0.1, -0.05) is 29.8 Å². The van der Waals surface area contributed by atoms with Crippen LogP contribution in [-0.4, -0.2) is 21.1 Å². The van der Waals surface area contributed by atoms with Crippen LogP contribution in [0.2, 0.25) is 5.02 Å². The van der Waals surface area contributed by atoms with Crippen LogP contribution in [-0.2, 0) is 27.4 Å². The number of nitrogens with zero attached hydrogens (tertiary/aromatic N) is 2. The van der Waals surface area contributed by atoms with Gasteiger partial charge in [-0.15, -0.1) is 0 Å². The van der Waals surface area contributed by atoms with Crippen LogP contribution in [0.25, 0.3) is 22.2 Å². The second-order valence-electron chi connectivity index (χ2n) is 11.9. The van der Waals surface area contributed by atoms with Crippen molar-refractivity contribution in [3.63, 3.8) is 0 Å². The van der Waals surface area contributed by atoms with E-state index in [0.29, 0.717) is 33.1 Å². The zero-order valence-electron chi connectivity index (χ0n) is 26.0. The maximum absolute atomic E-state index is 14.1. The number of aromatic nitrogens is 2. The van der Waals surface area contributed by atoms with Crippen LogP contribution >= 0.6 is 11.6 Å². The number of benzene rings is 2. The molecule has 0 saturated carbocycles. The summed E-state index contributed by atoms with van der Waals surface area (Å²) in [5, 5.41) is 1.29. The van der Waals surface area contributed by atoms with Gasteiger partial charge in [0.05, 0.1) is 5.60 Å². The molecule has 236 valence electrons. The molecular formula is C34H33ClF2N2O6. The zero-order chi connectivity index (χ0) is 32.8. The summed E-state index contributed by atoms with van der Waals surface area (Å²) in [5.74, 6) is -3.17. The van der Waals surface area contributed by atoms with E-state index >= 15 is 0 Å². The Balaban J connectivity index is 1.73. The maximum atomic E-state index is 14.1. The van der Waals surface area contributed by atoms with Gasteiger partial charge in [-0.3, -0.25) is 0 Å². The Morgan fingerprint density at radius 1 is 1.02 bits per heavy atom. The van der Waals surface area contributed by atoms with Crippen molar-refractivity contribution in [2.24, 2.45) is 0 Å².